The van der Waals surface area contributed by atoms with Crippen molar-refractivity contribution in [3.8, 4) is 17.2 Å². The number of carbonyl (C=O) groups excluding carboxylic acids is 1. The van der Waals surface area contributed by atoms with Crippen molar-refractivity contribution in [1.29, 1.82) is 0 Å². The zero-order valence-electron chi connectivity index (χ0n) is 12.3. The Morgan fingerprint density at radius 1 is 0.909 bits per heavy atom. The Morgan fingerprint density at radius 2 is 1.68 bits per heavy atom. The number of ketones is 1. The molecule has 0 saturated carbocycles. The van der Waals surface area contributed by atoms with Gasteiger partial charge in [0, 0.05) is 6.42 Å². The Hall–Kier alpha value is -2.55. The number of carbonyl (C=O) groups is 1. The first-order valence-electron chi connectivity index (χ1n) is 7.49. The van der Waals surface area contributed by atoms with Crippen LogP contribution in [0.25, 0.3) is 0 Å². The first kappa shape index (κ1) is 14.4. The van der Waals surface area contributed by atoms with Crippen LogP contribution in [0.15, 0.2) is 54.6 Å². The molecule has 0 fully saturated rings. The maximum Gasteiger partial charge on any atom is 0.169 e. The molecule has 2 aromatic rings. The molecule has 0 amide bonds. The van der Waals surface area contributed by atoms with Gasteiger partial charge in [-0.15, -0.1) is 0 Å². The third kappa shape index (κ3) is 3.55. The molecule has 4 rings (SSSR count). The molecule has 2 aliphatic heterocycles. The van der Waals surface area contributed by atoms with Gasteiger partial charge < -0.3 is 9.84 Å². The molecule has 112 valence electrons. The Bertz CT molecular complexity index is 699. The molecular formula is C19H18O3. The van der Waals surface area contributed by atoms with Gasteiger partial charge in [-0.05, 0) is 60.7 Å². The smallest absolute Gasteiger partial charge is 0.169 e. The average Bonchev–Trinajstić information content (AvgIpc) is 2.54. The minimum absolute atomic E-state index is 0.128. The van der Waals surface area contributed by atoms with Crippen LogP contribution in [0.5, 0.6) is 17.2 Å². The molecule has 2 aliphatic rings. The number of hydrogen-bond acceptors (Lipinski definition) is 3. The van der Waals surface area contributed by atoms with Crippen LogP contribution in [-0.2, 0) is 17.6 Å². The molecule has 0 aliphatic carbocycles. The number of allylic oxidation sites excluding steroid dienone is 2. The predicted molar refractivity (Wildman–Crippen MR) is 85.4 cm³/mol. The molecule has 22 heavy (non-hydrogen) atoms. The van der Waals surface area contributed by atoms with Crippen LogP contribution in [0.3, 0.4) is 0 Å². The fraction of sp³-hybridized carbons (Fsp3) is 0.211. The molecular weight excluding hydrogens is 276 g/mol. The third-order valence-electron chi connectivity index (χ3n) is 3.74. The molecule has 0 atom stereocenters. The molecule has 2 heterocycles. The number of rotatable bonds is 0. The number of aromatic hydroxyl groups is 1. The van der Waals surface area contributed by atoms with Crippen molar-refractivity contribution in [3.63, 3.8) is 0 Å². The van der Waals surface area contributed by atoms with E-state index in [1.807, 2.05) is 42.5 Å². The van der Waals surface area contributed by atoms with E-state index in [4.69, 9.17) is 4.74 Å². The highest BCUT2D eigenvalue weighted by atomic mass is 16.5. The second kappa shape index (κ2) is 6.48. The molecule has 0 saturated heterocycles. The molecule has 0 unspecified atom stereocenters. The quantitative estimate of drug-likeness (QED) is 0.792. The zero-order chi connectivity index (χ0) is 15.4. The van der Waals surface area contributed by atoms with Gasteiger partial charge in [-0.2, -0.15) is 0 Å². The number of hydrogen-bond donors (Lipinski definition) is 1. The van der Waals surface area contributed by atoms with Crippen molar-refractivity contribution < 1.29 is 14.6 Å². The number of fused-ring (bicyclic) bond motifs is 7. The summed E-state index contributed by atoms with van der Waals surface area (Å²) in [5.74, 6) is 1.42. The Balaban J connectivity index is 1.94. The van der Waals surface area contributed by atoms with Crippen molar-refractivity contribution in [1.82, 2.24) is 0 Å². The van der Waals surface area contributed by atoms with E-state index in [1.54, 1.807) is 12.1 Å². The van der Waals surface area contributed by atoms with E-state index >= 15 is 0 Å². The summed E-state index contributed by atoms with van der Waals surface area (Å²) in [6, 6.07) is 13.0. The maximum atomic E-state index is 11.8. The number of phenolic OH excluding ortho intramolecular Hbond substituents is 1. The van der Waals surface area contributed by atoms with Crippen LogP contribution >= 0.6 is 0 Å². The summed E-state index contributed by atoms with van der Waals surface area (Å²) in [4.78, 5) is 11.8. The zero-order valence-corrected chi connectivity index (χ0v) is 12.3. The summed E-state index contributed by atoms with van der Waals surface area (Å²) in [7, 11) is 0. The molecule has 2 aromatic carbocycles. The highest BCUT2D eigenvalue weighted by Crippen LogP contribution is 2.32. The van der Waals surface area contributed by atoms with Gasteiger partial charge in [-0.25, -0.2) is 0 Å². The number of ether oxygens (including phenoxy) is 1. The van der Waals surface area contributed by atoms with E-state index in [1.165, 1.54) is 0 Å². The van der Waals surface area contributed by atoms with Crippen LogP contribution in [0.2, 0.25) is 0 Å². The van der Waals surface area contributed by atoms with Crippen LogP contribution < -0.4 is 4.74 Å². The van der Waals surface area contributed by atoms with E-state index in [0.717, 1.165) is 30.4 Å². The molecule has 1 N–H and O–H groups in total. The summed E-state index contributed by atoms with van der Waals surface area (Å²) in [5, 5.41) is 9.93. The average molecular weight is 294 g/mol. The van der Waals surface area contributed by atoms with Gasteiger partial charge in [0.05, 0.1) is 0 Å². The Labute approximate surface area is 129 Å². The van der Waals surface area contributed by atoms with Crippen LogP contribution in [0.1, 0.15) is 24.0 Å². The van der Waals surface area contributed by atoms with Gasteiger partial charge in [0.25, 0.3) is 0 Å². The molecule has 4 bridgehead atoms. The predicted octanol–water partition coefficient (Wildman–Crippen LogP) is 4.19. The summed E-state index contributed by atoms with van der Waals surface area (Å²) in [5.41, 5.74) is 2.17. The van der Waals surface area contributed by atoms with E-state index < -0.39 is 0 Å². The van der Waals surface area contributed by atoms with E-state index in [9.17, 15) is 9.90 Å². The van der Waals surface area contributed by atoms with Crippen molar-refractivity contribution in [2.24, 2.45) is 0 Å². The van der Waals surface area contributed by atoms with Gasteiger partial charge in [0.15, 0.2) is 17.3 Å². The van der Waals surface area contributed by atoms with Gasteiger partial charge in [0.2, 0.25) is 0 Å². The SMILES string of the molecule is O=C1/C=C\CCc2ccc(O)c(c2)Oc2ccc(cc2)CC1. The Kier molecular flexibility index (Phi) is 4.24. The molecule has 0 aromatic heterocycles. The molecule has 3 nitrogen and oxygen atoms in total. The first-order valence-corrected chi connectivity index (χ1v) is 7.49. The Morgan fingerprint density at radius 3 is 2.50 bits per heavy atom. The monoisotopic (exact) mass is 294 g/mol. The maximum absolute atomic E-state index is 11.8. The lowest BCUT2D eigenvalue weighted by molar-refractivity contribution is -0.114. The van der Waals surface area contributed by atoms with Crippen LogP contribution in [0, 0.1) is 0 Å². The lowest BCUT2D eigenvalue weighted by atomic mass is 10.1. The highest BCUT2D eigenvalue weighted by molar-refractivity contribution is 5.89. The van der Waals surface area contributed by atoms with Crippen molar-refractivity contribution in [3.05, 3.63) is 65.7 Å². The van der Waals surface area contributed by atoms with Crippen molar-refractivity contribution >= 4 is 5.78 Å². The van der Waals surface area contributed by atoms with Crippen LogP contribution in [0.4, 0.5) is 0 Å². The minimum Gasteiger partial charge on any atom is -0.504 e. The van der Waals surface area contributed by atoms with E-state index in [2.05, 4.69) is 0 Å². The largest absolute Gasteiger partial charge is 0.504 e. The number of phenols is 1. The summed E-state index contributed by atoms with van der Waals surface area (Å²) < 4.78 is 5.76. The fourth-order valence-corrected chi connectivity index (χ4v) is 2.46. The van der Waals surface area contributed by atoms with Gasteiger partial charge in [0.1, 0.15) is 5.75 Å². The summed E-state index contributed by atoms with van der Waals surface area (Å²) in [6.07, 6.45) is 6.43. The molecule has 0 spiro atoms. The van der Waals surface area contributed by atoms with Crippen LogP contribution in [-0.4, -0.2) is 10.9 Å². The van der Waals surface area contributed by atoms with Gasteiger partial charge in [-0.3, -0.25) is 4.79 Å². The van der Waals surface area contributed by atoms with E-state index in [0.29, 0.717) is 17.9 Å². The lowest BCUT2D eigenvalue weighted by Crippen LogP contribution is -1.96. The first-order chi connectivity index (χ1) is 10.7. The van der Waals surface area contributed by atoms with Crippen molar-refractivity contribution in [2.75, 3.05) is 0 Å². The molecule has 0 radical (unpaired) electrons. The van der Waals surface area contributed by atoms with E-state index in [-0.39, 0.29) is 11.5 Å². The number of aryl methyl sites for hydroxylation is 2. The summed E-state index contributed by atoms with van der Waals surface area (Å²) >= 11 is 0. The standard InChI is InChI=1S/C19H18O3/c20-16-4-2-1-3-15-8-12-18(21)19(13-15)22-17-10-6-14(5-9-16)7-11-17/h2,4,6-8,10-13,21H,1,3,5,9H2/b4-2-. The second-order valence-corrected chi connectivity index (χ2v) is 5.46. The molecule has 3 heteroatoms. The number of benzene rings is 2. The minimum atomic E-state index is 0.128. The third-order valence-corrected chi connectivity index (χ3v) is 3.74. The van der Waals surface area contributed by atoms with Crippen molar-refractivity contribution in [2.45, 2.75) is 25.7 Å². The lowest BCUT2D eigenvalue weighted by Gasteiger charge is -2.10. The topological polar surface area (TPSA) is 46.5 Å². The highest BCUT2D eigenvalue weighted by Gasteiger charge is 2.07. The second-order valence-electron chi connectivity index (χ2n) is 5.46. The normalized spacial score (nSPS) is 16.5. The fourth-order valence-electron chi connectivity index (χ4n) is 2.46. The summed E-state index contributed by atoms with van der Waals surface area (Å²) in [6.45, 7) is 0. The van der Waals surface area contributed by atoms with Gasteiger partial charge >= 0.3 is 0 Å². The van der Waals surface area contributed by atoms with Gasteiger partial charge in [-0.1, -0.05) is 24.3 Å².